The first-order chi connectivity index (χ1) is 6.06. The van der Waals surface area contributed by atoms with Crippen molar-refractivity contribution < 1.29 is 19.3 Å². The van der Waals surface area contributed by atoms with Crippen molar-refractivity contribution in [1.29, 1.82) is 0 Å². The summed E-state index contributed by atoms with van der Waals surface area (Å²) in [6.45, 7) is 5.99. The topological polar surface area (TPSA) is 47.9 Å². The van der Waals surface area contributed by atoms with Gasteiger partial charge in [0, 0.05) is 7.11 Å². The lowest BCUT2D eigenvalue weighted by Gasteiger charge is -2.16. The molecular weight excluding hydrogens is 172 g/mol. The fourth-order valence-corrected chi connectivity index (χ4v) is 0.684. The molecule has 0 aliphatic heterocycles. The van der Waals surface area contributed by atoms with Crippen LogP contribution in [0, 0.1) is 0 Å². The van der Waals surface area contributed by atoms with E-state index in [-0.39, 0.29) is 0 Å². The van der Waals surface area contributed by atoms with E-state index in [4.69, 9.17) is 14.2 Å². The van der Waals surface area contributed by atoms with Crippen molar-refractivity contribution >= 4 is 0 Å². The molecule has 0 radical (unpaired) electrons. The van der Waals surface area contributed by atoms with E-state index in [2.05, 4.69) is 0 Å². The molecule has 0 amide bonds. The summed E-state index contributed by atoms with van der Waals surface area (Å²) in [5, 5.41) is 9.27. The van der Waals surface area contributed by atoms with Gasteiger partial charge in [-0.3, -0.25) is 0 Å². The quantitative estimate of drug-likeness (QED) is 0.567. The summed E-state index contributed by atoms with van der Waals surface area (Å²) in [6, 6.07) is 0. The zero-order valence-corrected chi connectivity index (χ0v) is 8.71. The van der Waals surface area contributed by atoms with Crippen molar-refractivity contribution in [3.8, 4) is 0 Å². The summed E-state index contributed by atoms with van der Waals surface area (Å²) in [6.07, 6.45) is 0. The third-order valence-electron chi connectivity index (χ3n) is 1.26. The number of hydrogen-bond donors (Lipinski definition) is 1. The van der Waals surface area contributed by atoms with Crippen LogP contribution < -0.4 is 0 Å². The Kier molecular flexibility index (Phi) is 7.17. The van der Waals surface area contributed by atoms with Gasteiger partial charge in [0.1, 0.15) is 0 Å². The van der Waals surface area contributed by atoms with E-state index in [0.717, 1.165) is 0 Å². The highest BCUT2D eigenvalue weighted by atomic mass is 16.5. The molecule has 0 fully saturated rings. The molecule has 0 saturated carbocycles. The molecule has 0 aromatic carbocycles. The number of methoxy groups -OCH3 is 1. The van der Waals surface area contributed by atoms with Crippen molar-refractivity contribution in [2.75, 3.05) is 40.1 Å². The molecule has 4 heteroatoms. The molecule has 0 unspecified atom stereocenters. The molecule has 0 heterocycles. The average Bonchev–Trinajstić information content (AvgIpc) is 2.01. The second-order valence-corrected chi connectivity index (χ2v) is 3.47. The second kappa shape index (κ2) is 7.26. The Morgan fingerprint density at radius 2 is 1.54 bits per heavy atom. The SMILES string of the molecule is COCCOCCOCC(C)(C)O. The van der Waals surface area contributed by atoms with Gasteiger partial charge in [0.25, 0.3) is 0 Å². The maximum atomic E-state index is 9.27. The van der Waals surface area contributed by atoms with Crippen molar-refractivity contribution in [2.24, 2.45) is 0 Å². The molecular formula is C9H20O4. The van der Waals surface area contributed by atoms with Gasteiger partial charge in [0.05, 0.1) is 38.6 Å². The van der Waals surface area contributed by atoms with E-state index in [1.54, 1.807) is 21.0 Å². The van der Waals surface area contributed by atoms with Crippen LogP contribution in [-0.4, -0.2) is 50.9 Å². The number of ether oxygens (including phenoxy) is 3. The predicted molar refractivity (Wildman–Crippen MR) is 49.8 cm³/mol. The number of aliphatic hydroxyl groups is 1. The van der Waals surface area contributed by atoms with Crippen LogP contribution in [0.15, 0.2) is 0 Å². The van der Waals surface area contributed by atoms with E-state index < -0.39 is 5.60 Å². The Hall–Kier alpha value is -0.160. The van der Waals surface area contributed by atoms with Crippen LogP contribution in [0.4, 0.5) is 0 Å². The van der Waals surface area contributed by atoms with E-state index in [0.29, 0.717) is 33.0 Å². The summed E-state index contributed by atoms with van der Waals surface area (Å²) in [4.78, 5) is 0. The van der Waals surface area contributed by atoms with Crippen LogP contribution in [0.2, 0.25) is 0 Å². The van der Waals surface area contributed by atoms with Gasteiger partial charge in [0.2, 0.25) is 0 Å². The van der Waals surface area contributed by atoms with Crippen molar-refractivity contribution in [3.63, 3.8) is 0 Å². The van der Waals surface area contributed by atoms with Crippen LogP contribution >= 0.6 is 0 Å². The minimum absolute atomic E-state index is 0.334. The smallest absolute Gasteiger partial charge is 0.0824 e. The molecule has 0 rings (SSSR count). The summed E-state index contributed by atoms with van der Waals surface area (Å²) in [5.41, 5.74) is -0.757. The lowest BCUT2D eigenvalue weighted by Crippen LogP contribution is -2.27. The van der Waals surface area contributed by atoms with Crippen molar-refractivity contribution in [3.05, 3.63) is 0 Å². The average molecular weight is 192 g/mol. The highest BCUT2D eigenvalue weighted by molar-refractivity contribution is 4.62. The van der Waals surface area contributed by atoms with Gasteiger partial charge in [-0.15, -0.1) is 0 Å². The van der Waals surface area contributed by atoms with Gasteiger partial charge < -0.3 is 19.3 Å². The van der Waals surface area contributed by atoms with Gasteiger partial charge >= 0.3 is 0 Å². The van der Waals surface area contributed by atoms with E-state index in [9.17, 15) is 5.11 Å². The molecule has 4 nitrogen and oxygen atoms in total. The summed E-state index contributed by atoms with van der Waals surface area (Å²) in [5.74, 6) is 0. The lowest BCUT2D eigenvalue weighted by atomic mass is 10.2. The van der Waals surface area contributed by atoms with Gasteiger partial charge in [-0.1, -0.05) is 0 Å². The Morgan fingerprint density at radius 1 is 1.00 bits per heavy atom. The standard InChI is InChI=1S/C9H20O4/c1-9(2,10)8-13-7-6-12-5-4-11-3/h10H,4-8H2,1-3H3. The van der Waals surface area contributed by atoms with Crippen LogP contribution in [-0.2, 0) is 14.2 Å². The summed E-state index contributed by atoms with van der Waals surface area (Å²) < 4.78 is 15.1. The van der Waals surface area contributed by atoms with E-state index in [1.807, 2.05) is 0 Å². The number of hydrogen-bond acceptors (Lipinski definition) is 4. The zero-order chi connectivity index (χ0) is 10.2. The Morgan fingerprint density at radius 3 is 2.08 bits per heavy atom. The van der Waals surface area contributed by atoms with Crippen LogP contribution in [0.3, 0.4) is 0 Å². The summed E-state index contributed by atoms with van der Waals surface area (Å²) in [7, 11) is 1.63. The fraction of sp³-hybridized carbons (Fsp3) is 1.00. The highest BCUT2D eigenvalue weighted by Crippen LogP contribution is 2.00. The molecule has 0 aliphatic carbocycles. The maximum absolute atomic E-state index is 9.27. The molecule has 0 spiro atoms. The molecule has 80 valence electrons. The van der Waals surface area contributed by atoms with Gasteiger partial charge in [-0.2, -0.15) is 0 Å². The van der Waals surface area contributed by atoms with Crippen molar-refractivity contribution in [2.45, 2.75) is 19.4 Å². The first-order valence-electron chi connectivity index (χ1n) is 4.43. The third-order valence-corrected chi connectivity index (χ3v) is 1.26. The maximum Gasteiger partial charge on any atom is 0.0824 e. The Labute approximate surface area is 79.8 Å². The van der Waals surface area contributed by atoms with E-state index in [1.165, 1.54) is 0 Å². The Balaban J connectivity index is 3.00. The molecule has 13 heavy (non-hydrogen) atoms. The van der Waals surface area contributed by atoms with Crippen molar-refractivity contribution in [1.82, 2.24) is 0 Å². The molecule has 0 bridgehead atoms. The fourth-order valence-electron chi connectivity index (χ4n) is 0.684. The molecule has 0 aromatic heterocycles. The van der Waals surface area contributed by atoms with E-state index >= 15 is 0 Å². The highest BCUT2D eigenvalue weighted by Gasteiger charge is 2.11. The molecule has 0 atom stereocenters. The monoisotopic (exact) mass is 192 g/mol. The van der Waals surface area contributed by atoms with Crippen LogP contribution in [0.1, 0.15) is 13.8 Å². The lowest BCUT2D eigenvalue weighted by molar-refractivity contribution is -0.0406. The third kappa shape index (κ3) is 11.8. The molecule has 1 N–H and O–H groups in total. The minimum atomic E-state index is -0.757. The van der Waals surface area contributed by atoms with Gasteiger partial charge in [0.15, 0.2) is 0 Å². The second-order valence-electron chi connectivity index (χ2n) is 3.47. The molecule has 0 aliphatic rings. The minimum Gasteiger partial charge on any atom is -0.388 e. The summed E-state index contributed by atoms with van der Waals surface area (Å²) >= 11 is 0. The first kappa shape index (κ1) is 12.8. The van der Waals surface area contributed by atoms with Crippen LogP contribution in [0.25, 0.3) is 0 Å². The Bertz CT molecular complexity index is 109. The predicted octanol–water partition coefficient (Wildman–Crippen LogP) is 0.437. The van der Waals surface area contributed by atoms with Gasteiger partial charge in [-0.05, 0) is 13.8 Å². The zero-order valence-electron chi connectivity index (χ0n) is 8.71. The normalized spacial score (nSPS) is 12.0. The van der Waals surface area contributed by atoms with Crippen LogP contribution in [0.5, 0.6) is 0 Å². The largest absolute Gasteiger partial charge is 0.388 e. The molecule has 0 saturated heterocycles. The molecule has 0 aromatic rings. The first-order valence-corrected chi connectivity index (χ1v) is 4.43. The van der Waals surface area contributed by atoms with Gasteiger partial charge in [-0.25, -0.2) is 0 Å². The number of rotatable bonds is 8.